The predicted molar refractivity (Wildman–Crippen MR) is 68.4 cm³/mol. The number of aryl methyl sites for hydroxylation is 1. The highest BCUT2D eigenvalue weighted by Crippen LogP contribution is 2.22. The van der Waals surface area contributed by atoms with Crippen LogP contribution in [-0.4, -0.2) is 35.2 Å². The first kappa shape index (κ1) is 12.1. The molecule has 94 valence electrons. The average molecular weight is 236 g/mol. The quantitative estimate of drug-likeness (QED) is 0.805. The highest BCUT2D eigenvalue weighted by Gasteiger charge is 2.29. The van der Waals surface area contributed by atoms with Gasteiger partial charge in [-0.2, -0.15) is 0 Å². The fraction of sp³-hybridized carbons (Fsp3) is 0.667. The van der Waals surface area contributed by atoms with Crippen LogP contribution in [0.25, 0.3) is 0 Å². The Morgan fingerprint density at radius 1 is 1.41 bits per heavy atom. The summed E-state index contributed by atoms with van der Waals surface area (Å²) < 4.78 is 1.58. The van der Waals surface area contributed by atoms with E-state index in [-0.39, 0.29) is 11.1 Å². The van der Waals surface area contributed by atoms with Gasteiger partial charge in [0.05, 0.1) is 0 Å². The highest BCUT2D eigenvalue weighted by atomic mass is 16.1. The number of rotatable bonds is 2. The van der Waals surface area contributed by atoms with Crippen LogP contribution in [0.3, 0.4) is 0 Å². The smallest absolute Gasteiger partial charge is 0.293 e. The lowest BCUT2D eigenvalue weighted by atomic mass is 9.90. The second-order valence-electron chi connectivity index (χ2n) is 4.96. The van der Waals surface area contributed by atoms with E-state index in [0.29, 0.717) is 5.82 Å². The van der Waals surface area contributed by atoms with E-state index >= 15 is 0 Å². The van der Waals surface area contributed by atoms with Crippen molar-refractivity contribution in [1.82, 2.24) is 14.9 Å². The van der Waals surface area contributed by atoms with Crippen LogP contribution in [0.4, 0.5) is 5.82 Å². The maximum atomic E-state index is 11.9. The van der Waals surface area contributed by atoms with Crippen molar-refractivity contribution in [3.8, 4) is 0 Å². The molecule has 0 saturated carbocycles. The fourth-order valence-electron chi connectivity index (χ4n) is 2.16. The Hall–Kier alpha value is -1.36. The third-order valence-corrected chi connectivity index (χ3v) is 3.77. The Morgan fingerprint density at radius 2 is 2.06 bits per heavy atom. The van der Waals surface area contributed by atoms with Crippen LogP contribution in [0.2, 0.25) is 0 Å². The van der Waals surface area contributed by atoms with Gasteiger partial charge in [-0.3, -0.25) is 4.79 Å². The number of nitrogens with zero attached hydrogens (tertiary/aromatic N) is 3. The standard InChI is InChI=1S/C12H20N4O/c1-12(13-2)4-7-16(8-5-12)10-11(17)15(3)9-6-14-10/h6,9,13H,4-5,7-8H2,1-3H3. The van der Waals surface area contributed by atoms with Crippen LogP contribution in [0, 0.1) is 0 Å². The lowest BCUT2D eigenvalue weighted by Crippen LogP contribution is -2.51. The summed E-state index contributed by atoms with van der Waals surface area (Å²) in [5.41, 5.74) is 0.178. The summed E-state index contributed by atoms with van der Waals surface area (Å²) in [5, 5.41) is 3.35. The van der Waals surface area contributed by atoms with Crippen molar-refractivity contribution in [1.29, 1.82) is 0 Å². The summed E-state index contributed by atoms with van der Waals surface area (Å²) in [4.78, 5) is 18.2. The normalized spacial score (nSPS) is 19.4. The molecule has 1 saturated heterocycles. The number of anilines is 1. The molecule has 1 N–H and O–H groups in total. The molecule has 1 aliphatic rings. The topological polar surface area (TPSA) is 50.2 Å². The third kappa shape index (κ3) is 2.34. The molecule has 1 aromatic rings. The molecule has 0 amide bonds. The number of piperidine rings is 1. The summed E-state index contributed by atoms with van der Waals surface area (Å²) in [7, 11) is 3.75. The minimum atomic E-state index is -0.0134. The van der Waals surface area contributed by atoms with Crippen molar-refractivity contribution in [2.75, 3.05) is 25.0 Å². The summed E-state index contributed by atoms with van der Waals surface area (Å²) >= 11 is 0. The molecular formula is C12H20N4O. The Kier molecular flexibility index (Phi) is 3.19. The van der Waals surface area contributed by atoms with Gasteiger partial charge in [0.15, 0.2) is 5.82 Å². The SMILES string of the molecule is CNC1(C)CCN(c2nccn(C)c2=O)CC1. The third-order valence-electron chi connectivity index (χ3n) is 3.77. The molecule has 2 rings (SSSR count). The van der Waals surface area contributed by atoms with E-state index in [9.17, 15) is 4.79 Å². The summed E-state index contributed by atoms with van der Waals surface area (Å²) in [6, 6.07) is 0. The van der Waals surface area contributed by atoms with Gasteiger partial charge < -0.3 is 14.8 Å². The molecule has 0 bridgehead atoms. The van der Waals surface area contributed by atoms with Crippen LogP contribution < -0.4 is 15.8 Å². The van der Waals surface area contributed by atoms with E-state index in [1.165, 1.54) is 0 Å². The molecule has 5 nitrogen and oxygen atoms in total. The molecule has 5 heteroatoms. The molecule has 0 atom stereocenters. The van der Waals surface area contributed by atoms with E-state index in [4.69, 9.17) is 0 Å². The van der Waals surface area contributed by atoms with Gasteiger partial charge in [0, 0.05) is 38.1 Å². The summed E-state index contributed by atoms with van der Waals surface area (Å²) in [6.45, 7) is 3.98. The predicted octanol–water partition coefficient (Wildman–Crippen LogP) is 0.359. The van der Waals surface area contributed by atoms with Gasteiger partial charge in [-0.05, 0) is 26.8 Å². The lowest BCUT2D eigenvalue weighted by molar-refractivity contribution is 0.304. The van der Waals surface area contributed by atoms with E-state index in [1.54, 1.807) is 24.0 Å². The van der Waals surface area contributed by atoms with Crippen molar-refractivity contribution >= 4 is 5.82 Å². The first-order chi connectivity index (χ1) is 8.06. The van der Waals surface area contributed by atoms with Crippen LogP contribution in [0.5, 0.6) is 0 Å². The molecule has 0 aromatic carbocycles. The van der Waals surface area contributed by atoms with E-state index in [1.807, 2.05) is 7.05 Å². The molecule has 1 aliphatic heterocycles. The van der Waals surface area contributed by atoms with Gasteiger partial charge in [-0.25, -0.2) is 4.98 Å². The van der Waals surface area contributed by atoms with Crippen molar-refractivity contribution in [3.05, 3.63) is 22.7 Å². The van der Waals surface area contributed by atoms with Crippen LogP contribution >= 0.6 is 0 Å². The van der Waals surface area contributed by atoms with Gasteiger partial charge >= 0.3 is 0 Å². The summed E-state index contributed by atoms with van der Waals surface area (Å²) in [5.74, 6) is 0.577. The van der Waals surface area contributed by atoms with Crippen molar-refractivity contribution in [3.63, 3.8) is 0 Å². The van der Waals surface area contributed by atoms with Gasteiger partial charge in [0.25, 0.3) is 5.56 Å². The Balaban J connectivity index is 2.16. The first-order valence-corrected chi connectivity index (χ1v) is 6.01. The molecule has 2 heterocycles. The zero-order valence-electron chi connectivity index (χ0n) is 10.7. The number of hydrogen-bond acceptors (Lipinski definition) is 4. The zero-order valence-corrected chi connectivity index (χ0v) is 10.7. The minimum absolute atomic E-state index is 0.0134. The monoisotopic (exact) mass is 236 g/mol. The maximum absolute atomic E-state index is 11.9. The first-order valence-electron chi connectivity index (χ1n) is 6.01. The van der Waals surface area contributed by atoms with E-state index in [0.717, 1.165) is 25.9 Å². The van der Waals surface area contributed by atoms with Crippen LogP contribution in [0.1, 0.15) is 19.8 Å². The minimum Gasteiger partial charge on any atom is -0.352 e. The Bertz CT molecular complexity index is 446. The van der Waals surface area contributed by atoms with Gasteiger partial charge in [-0.15, -0.1) is 0 Å². The molecule has 17 heavy (non-hydrogen) atoms. The van der Waals surface area contributed by atoms with Crippen molar-refractivity contribution in [2.24, 2.45) is 7.05 Å². The van der Waals surface area contributed by atoms with Gasteiger partial charge in [0.1, 0.15) is 0 Å². The van der Waals surface area contributed by atoms with Crippen molar-refractivity contribution in [2.45, 2.75) is 25.3 Å². The van der Waals surface area contributed by atoms with Gasteiger partial charge in [0.2, 0.25) is 0 Å². The largest absolute Gasteiger partial charge is 0.352 e. The van der Waals surface area contributed by atoms with E-state index < -0.39 is 0 Å². The number of hydrogen-bond donors (Lipinski definition) is 1. The van der Waals surface area contributed by atoms with Crippen LogP contribution in [0.15, 0.2) is 17.2 Å². The average Bonchev–Trinajstić information content (AvgIpc) is 2.34. The van der Waals surface area contributed by atoms with Gasteiger partial charge in [-0.1, -0.05) is 0 Å². The molecule has 1 aromatic heterocycles. The Labute approximate surface area is 101 Å². The zero-order chi connectivity index (χ0) is 12.5. The molecule has 0 spiro atoms. The molecule has 1 fully saturated rings. The highest BCUT2D eigenvalue weighted by molar-refractivity contribution is 5.36. The number of nitrogens with one attached hydrogen (secondary N) is 1. The number of aromatic nitrogens is 2. The maximum Gasteiger partial charge on any atom is 0.293 e. The Morgan fingerprint density at radius 3 is 2.65 bits per heavy atom. The second-order valence-corrected chi connectivity index (χ2v) is 4.96. The second kappa shape index (κ2) is 4.49. The molecule has 0 radical (unpaired) electrons. The molecule has 0 unspecified atom stereocenters. The molecular weight excluding hydrogens is 216 g/mol. The fourth-order valence-corrected chi connectivity index (χ4v) is 2.16. The van der Waals surface area contributed by atoms with Crippen molar-refractivity contribution < 1.29 is 0 Å². The lowest BCUT2D eigenvalue weighted by Gasteiger charge is -2.39. The summed E-state index contributed by atoms with van der Waals surface area (Å²) in [6.07, 6.45) is 5.43. The van der Waals surface area contributed by atoms with Crippen LogP contribution in [-0.2, 0) is 7.05 Å². The van der Waals surface area contributed by atoms with E-state index in [2.05, 4.69) is 22.1 Å². The molecule has 0 aliphatic carbocycles.